The minimum Gasteiger partial charge on any atom is -0.361 e. The number of hydrogen-bond donors (Lipinski definition) is 3. The fourth-order valence-corrected chi connectivity index (χ4v) is 3.51. The molecule has 1 aliphatic rings. The molecule has 0 saturated heterocycles. The topological polar surface area (TPSA) is 82.9 Å². The van der Waals surface area contributed by atoms with E-state index >= 15 is 0 Å². The Morgan fingerprint density at radius 2 is 2.37 bits per heavy atom. The van der Waals surface area contributed by atoms with E-state index in [9.17, 15) is 4.39 Å². The lowest BCUT2D eigenvalue weighted by Gasteiger charge is -2.25. The Balaban J connectivity index is 1.39. The van der Waals surface area contributed by atoms with Crippen LogP contribution in [0.3, 0.4) is 0 Å². The third kappa shape index (κ3) is 3.94. The van der Waals surface area contributed by atoms with Crippen LogP contribution in [0, 0.1) is 5.82 Å². The van der Waals surface area contributed by atoms with E-state index in [2.05, 4.69) is 32.6 Å². The van der Waals surface area contributed by atoms with E-state index in [1.165, 1.54) is 6.07 Å². The molecule has 0 radical (unpaired) electrons. The molecular weight excluding hydrogens is 345 g/mol. The van der Waals surface area contributed by atoms with Gasteiger partial charge in [-0.15, -0.1) is 0 Å². The average Bonchev–Trinajstić information content (AvgIpc) is 3.28. The normalized spacial score (nSPS) is 17.1. The molecule has 0 spiro atoms. The molecule has 1 aliphatic heterocycles. The van der Waals surface area contributed by atoms with Crippen molar-refractivity contribution < 1.29 is 4.39 Å². The van der Waals surface area contributed by atoms with Gasteiger partial charge in [-0.25, -0.2) is 14.1 Å². The number of aliphatic imine (C=N–C) groups is 1. The number of nitrogens with one attached hydrogen (secondary N) is 3. The maximum atomic E-state index is 13.5. The van der Waals surface area contributed by atoms with Crippen LogP contribution in [-0.4, -0.2) is 44.8 Å². The van der Waals surface area contributed by atoms with Crippen molar-refractivity contribution in [1.29, 1.82) is 0 Å². The fraction of sp³-hybridized carbons (Fsp3) is 0.421. The van der Waals surface area contributed by atoms with Crippen LogP contribution in [0.4, 0.5) is 4.39 Å². The summed E-state index contributed by atoms with van der Waals surface area (Å²) >= 11 is 0. The molecule has 4 rings (SSSR count). The molecule has 27 heavy (non-hydrogen) atoms. The molecular formula is C19H24FN7. The first-order valence-corrected chi connectivity index (χ1v) is 9.40. The molecule has 0 bridgehead atoms. The highest BCUT2D eigenvalue weighted by Crippen LogP contribution is 2.19. The Hall–Kier alpha value is -2.90. The summed E-state index contributed by atoms with van der Waals surface area (Å²) in [4.78, 5) is 12.2. The average molecular weight is 369 g/mol. The zero-order valence-electron chi connectivity index (χ0n) is 15.4. The quantitative estimate of drug-likeness (QED) is 0.475. The monoisotopic (exact) mass is 369 g/mol. The third-order valence-electron chi connectivity index (χ3n) is 4.87. The second-order valence-corrected chi connectivity index (χ2v) is 6.75. The summed E-state index contributed by atoms with van der Waals surface area (Å²) in [6, 6.07) is 5.09. The summed E-state index contributed by atoms with van der Waals surface area (Å²) in [5.41, 5.74) is 2.03. The largest absolute Gasteiger partial charge is 0.361 e. The van der Waals surface area contributed by atoms with E-state index in [0.29, 0.717) is 6.54 Å². The molecule has 0 saturated carbocycles. The van der Waals surface area contributed by atoms with Gasteiger partial charge in [-0.05, 0) is 43.5 Å². The molecule has 3 N–H and O–H groups in total. The number of H-pyrrole nitrogens is 1. The maximum Gasteiger partial charge on any atom is 0.191 e. The number of aromatic nitrogens is 4. The molecule has 8 heteroatoms. The van der Waals surface area contributed by atoms with Gasteiger partial charge in [0.25, 0.3) is 0 Å². The number of aryl methyl sites for hydroxylation is 1. The molecule has 1 unspecified atom stereocenters. The highest BCUT2D eigenvalue weighted by atomic mass is 19.1. The van der Waals surface area contributed by atoms with Crippen LogP contribution in [0.2, 0.25) is 0 Å². The second kappa shape index (κ2) is 7.77. The van der Waals surface area contributed by atoms with Crippen molar-refractivity contribution >= 4 is 16.9 Å². The van der Waals surface area contributed by atoms with Crippen molar-refractivity contribution in [1.82, 2.24) is 30.4 Å². The summed E-state index contributed by atoms with van der Waals surface area (Å²) in [5.74, 6) is 1.63. The molecule has 1 atom stereocenters. The van der Waals surface area contributed by atoms with E-state index in [1.807, 2.05) is 10.9 Å². The highest BCUT2D eigenvalue weighted by molar-refractivity contribution is 5.83. The number of hydrogen-bond acceptors (Lipinski definition) is 3. The van der Waals surface area contributed by atoms with E-state index in [1.54, 1.807) is 18.5 Å². The molecule has 3 heterocycles. The zero-order chi connectivity index (χ0) is 18.6. The van der Waals surface area contributed by atoms with Gasteiger partial charge < -0.3 is 15.6 Å². The van der Waals surface area contributed by atoms with Crippen LogP contribution in [0.1, 0.15) is 24.7 Å². The van der Waals surface area contributed by atoms with Crippen molar-refractivity contribution in [2.75, 3.05) is 13.1 Å². The molecule has 1 aromatic carbocycles. The van der Waals surface area contributed by atoms with Crippen LogP contribution in [-0.2, 0) is 19.4 Å². The van der Waals surface area contributed by atoms with Crippen molar-refractivity contribution in [2.24, 2.45) is 4.99 Å². The lowest BCUT2D eigenvalue weighted by Crippen LogP contribution is -2.47. The first-order valence-electron chi connectivity index (χ1n) is 9.40. The number of rotatable bonds is 5. The van der Waals surface area contributed by atoms with Crippen molar-refractivity contribution in [2.45, 2.75) is 38.8 Å². The van der Waals surface area contributed by atoms with Crippen molar-refractivity contribution in [3.05, 3.63) is 47.9 Å². The van der Waals surface area contributed by atoms with Gasteiger partial charge in [0.05, 0.1) is 6.54 Å². The first kappa shape index (κ1) is 17.5. The van der Waals surface area contributed by atoms with Gasteiger partial charge in [0.1, 0.15) is 18.0 Å². The van der Waals surface area contributed by atoms with E-state index < -0.39 is 0 Å². The summed E-state index contributed by atoms with van der Waals surface area (Å²) in [5, 5.41) is 12.0. The van der Waals surface area contributed by atoms with Crippen LogP contribution in [0.5, 0.6) is 0 Å². The lowest BCUT2D eigenvalue weighted by molar-refractivity contribution is 0.393. The Labute approximate surface area is 157 Å². The predicted molar refractivity (Wildman–Crippen MR) is 103 cm³/mol. The van der Waals surface area contributed by atoms with E-state index in [4.69, 9.17) is 4.99 Å². The SMILES string of the molecule is CCNC(=NCCc1c[nH]c2ccc(F)cc12)NC1CCc2ncnn2C1. The number of halogens is 1. The molecule has 0 aliphatic carbocycles. The predicted octanol–water partition coefficient (Wildman–Crippen LogP) is 2.01. The third-order valence-corrected chi connectivity index (χ3v) is 4.87. The molecule has 3 aromatic rings. The minimum absolute atomic E-state index is 0.216. The summed E-state index contributed by atoms with van der Waals surface area (Å²) in [6.45, 7) is 4.27. The van der Waals surface area contributed by atoms with E-state index in [0.717, 1.165) is 60.6 Å². The van der Waals surface area contributed by atoms with Gasteiger partial charge in [-0.2, -0.15) is 5.10 Å². The van der Waals surface area contributed by atoms with Crippen LogP contribution in [0.15, 0.2) is 35.7 Å². The fourth-order valence-electron chi connectivity index (χ4n) is 3.51. The molecule has 7 nitrogen and oxygen atoms in total. The van der Waals surface area contributed by atoms with Crippen LogP contribution < -0.4 is 10.6 Å². The van der Waals surface area contributed by atoms with Crippen molar-refractivity contribution in [3.63, 3.8) is 0 Å². The smallest absolute Gasteiger partial charge is 0.191 e. The summed E-state index contributed by atoms with van der Waals surface area (Å²) < 4.78 is 15.5. The summed E-state index contributed by atoms with van der Waals surface area (Å²) in [7, 11) is 0. The van der Waals surface area contributed by atoms with Gasteiger partial charge in [0.2, 0.25) is 0 Å². The van der Waals surface area contributed by atoms with E-state index in [-0.39, 0.29) is 11.9 Å². The molecule has 0 fully saturated rings. The van der Waals surface area contributed by atoms with Gasteiger partial charge in [0.15, 0.2) is 5.96 Å². The Bertz CT molecular complexity index is 943. The Morgan fingerprint density at radius 3 is 3.26 bits per heavy atom. The van der Waals surface area contributed by atoms with Gasteiger partial charge in [0, 0.05) is 42.7 Å². The number of aromatic amines is 1. The van der Waals surface area contributed by atoms with Gasteiger partial charge >= 0.3 is 0 Å². The molecule has 0 amide bonds. The maximum absolute atomic E-state index is 13.5. The zero-order valence-corrected chi connectivity index (χ0v) is 15.4. The molecule has 2 aromatic heterocycles. The number of guanidine groups is 1. The standard InChI is InChI=1S/C19H24FN7/c1-2-21-19(26-15-4-6-18-24-12-25-27(18)11-15)22-8-7-13-10-23-17-5-3-14(20)9-16(13)17/h3,5,9-10,12,15,23H,2,4,6-8,11H2,1H3,(H2,21,22,26). The lowest BCUT2D eigenvalue weighted by atomic mass is 10.1. The number of benzene rings is 1. The Morgan fingerprint density at radius 1 is 1.44 bits per heavy atom. The highest BCUT2D eigenvalue weighted by Gasteiger charge is 2.20. The van der Waals surface area contributed by atoms with Crippen LogP contribution in [0.25, 0.3) is 10.9 Å². The Kier molecular flexibility index (Phi) is 5.04. The van der Waals surface area contributed by atoms with Gasteiger partial charge in [-0.1, -0.05) is 0 Å². The summed E-state index contributed by atoms with van der Waals surface area (Å²) in [6.07, 6.45) is 6.22. The minimum atomic E-state index is -0.216. The van der Waals surface area contributed by atoms with Crippen molar-refractivity contribution in [3.8, 4) is 0 Å². The van der Waals surface area contributed by atoms with Gasteiger partial charge in [-0.3, -0.25) is 4.99 Å². The number of nitrogens with zero attached hydrogens (tertiary/aromatic N) is 4. The number of fused-ring (bicyclic) bond motifs is 2. The second-order valence-electron chi connectivity index (χ2n) is 6.75. The van der Waals surface area contributed by atoms with Crippen LogP contribution >= 0.6 is 0 Å². The first-order chi connectivity index (χ1) is 13.2. The molecule has 142 valence electrons.